The minimum Gasteiger partial charge on any atom is -0.397 e. The van der Waals surface area contributed by atoms with Gasteiger partial charge >= 0.3 is 0 Å². The second-order valence-corrected chi connectivity index (χ2v) is 5.28. The fourth-order valence-corrected chi connectivity index (χ4v) is 2.47. The first kappa shape index (κ1) is 15.2. The SMILES string of the molecule is NC(=O)c1ccc(N)c(NCCC(=O)N2CCCCC2)c1. The number of likely N-dealkylation sites (tertiary alicyclic amines) is 1. The van der Waals surface area contributed by atoms with E-state index >= 15 is 0 Å². The molecule has 0 unspecified atom stereocenters. The molecule has 1 aliphatic rings. The number of anilines is 2. The number of piperidine rings is 1. The first-order chi connectivity index (χ1) is 10.1. The largest absolute Gasteiger partial charge is 0.397 e. The van der Waals surface area contributed by atoms with Crippen molar-refractivity contribution >= 4 is 23.2 Å². The van der Waals surface area contributed by atoms with E-state index in [1.54, 1.807) is 18.2 Å². The lowest BCUT2D eigenvalue weighted by Gasteiger charge is -2.26. The van der Waals surface area contributed by atoms with Crippen LogP contribution in [-0.2, 0) is 4.79 Å². The molecule has 6 nitrogen and oxygen atoms in total. The van der Waals surface area contributed by atoms with E-state index in [1.165, 1.54) is 6.42 Å². The van der Waals surface area contributed by atoms with Crippen LogP contribution in [-0.4, -0.2) is 36.3 Å². The molecular weight excluding hydrogens is 268 g/mol. The Morgan fingerprint density at radius 1 is 1.19 bits per heavy atom. The van der Waals surface area contributed by atoms with Gasteiger partial charge in [0.2, 0.25) is 11.8 Å². The number of hydrogen-bond donors (Lipinski definition) is 3. The molecule has 0 radical (unpaired) electrons. The quantitative estimate of drug-likeness (QED) is 0.709. The van der Waals surface area contributed by atoms with Gasteiger partial charge in [0.15, 0.2) is 0 Å². The van der Waals surface area contributed by atoms with Crippen molar-refractivity contribution < 1.29 is 9.59 Å². The average molecular weight is 290 g/mol. The highest BCUT2D eigenvalue weighted by Gasteiger charge is 2.15. The zero-order valence-electron chi connectivity index (χ0n) is 12.1. The van der Waals surface area contributed by atoms with E-state index < -0.39 is 5.91 Å². The molecule has 2 amide bonds. The van der Waals surface area contributed by atoms with Crippen LogP contribution < -0.4 is 16.8 Å². The predicted octanol–water partition coefficient (Wildman–Crippen LogP) is 1.18. The Labute approximate surface area is 124 Å². The summed E-state index contributed by atoms with van der Waals surface area (Å²) in [4.78, 5) is 25.1. The van der Waals surface area contributed by atoms with Crippen LogP contribution in [0.25, 0.3) is 0 Å². The number of amides is 2. The Morgan fingerprint density at radius 3 is 2.57 bits per heavy atom. The lowest BCUT2D eigenvalue weighted by atomic mass is 10.1. The predicted molar refractivity (Wildman–Crippen MR) is 82.9 cm³/mol. The summed E-state index contributed by atoms with van der Waals surface area (Å²) in [6, 6.07) is 4.83. The van der Waals surface area contributed by atoms with E-state index in [0.29, 0.717) is 29.9 Å². The number of rotatable bonds is 5. The van der Waals surface area contributed by atoms with Gasteiger partial charge in [0.05, 0.1) is 11.4 Å². The van der Waals surface area contributed by atoms with E-state index in [4.69, 9.17) is 11.5 Å². The summed E-state index contributed by atoms with van der Waals surface area (Å²) >= 11 is 0. The molecule has 0 atom stereocenters. The Balaban J connectivity index is 1.86. The molecule has 1 aliphatic heterocycles. The molecule has 6 heteroatoms. The van der Waals surface area contributed by atoms with Gasteiger partial charge in [-0.05, 0) is 37.5 Å². The molecule has 0 aliphatic carbocycles. The van der Waals surface area contributed by atoms with Crippen LogP contribution in [0.1, 0.15) is 36.0 Å². The lowest BCUT2D eigenvalue weighted by molar-refractivity contribution is -0.131. The fraction of sp³-hybridized carbons (Fsp3) is 0.467. The van der Waals surface area contributed by atoms with Crippen molar-refractivity contribution in [3.8, 4) is 0 Å². The smallest absolute Gasteiger partial charge is 0.248 e. The van der Waals surface area contributed by atoms with Crippen molar-refractivity contribution in [1.29, 1.82) is 0 Å². The molecule has 0 saturated carbocycles. The molecule has 5 N–H and O–H groups in total. The Hall–Kier alpha value is -2.24. The van der Waals surface area contributed by atoms with E-state index in [1.807, 2.05) is 4.90 Å². The van der Waals surface area contributed by atoms with Crippen LogP contribution in [0, 0.1) is 0 Å². The van der Waals surface area contributed by atoms with Crippen LogP contribution in [0.15, 0.2) is 18.2 Å². The molecule has 1 saturated heterocycles. The first-order valence-electron chi connectivity index (χ1n) is 7.29. The molecule has 1 aromatic rings. The molecule has 21 heavy (non-hydrogen) atoms. The van der Waals surface area contributed by atoms with E-state index in [2.05, 4.69) is 5.32 Å². The average Bonchev–Trinajstić information content (AvgIpc) is 2.49. The fourth-order valence-electron chi connectivity index (χ4n) is 2.47. The number of nitrogens with one attached hydrogen (secondary N) is 1. The maximum absolute atomic E-state index is 12.0. The van der Waals surface area contributed by atoms with Gasteiger partial charge in [-0.3, -0.25) is 9.59 Å². The summed E-state index contributed by atoms with van der Waals surface area (Å²) < 4.78 is 0. The Bertz CT molecular complexity index is 524. The third kappa shape index (κ3) is 4.11. The van der Waals surface area contributed by atoms with Gasteiger partial charge < -0.3 is 21.7 Å². The standard InChI is InChI=1S/C15H22N4O2/c16-12-5-4-11(15(17)21)10-13(12)18-7-6-14(20)19-8-2-1-3-9-19/h4-5,10,18H,1-3,6-9,16H2,(H2,17,21). The third-order valence-corrected chi connectivity index (χ3v) is 3.70. The minimum absolute atomic E-state index is 0.159. The highest BCUT2D eigenvalue weighted by atomic mass is 16.2. The minimum atomic E-state index is -0.498. The highest BCUT2D eigenvalue weighted by Crippen LogP contribution is 2.20. The maximum atomic E-state index is 12.0. The highest BCUT2D eigenvalue weighted by molar-refractivity contribution is 5.95. The van der Waals surface area contributed by atoms with Crippen LogP contribution >= 0.6 is 0 Å². The zero-order valence-corrected chi connectivity index (χ0v) is 12.1. The van der Waals surface area contributed by atoms with Gasteiger partial charge in [0.25, 0.3) is 0 Å². The number of hydrogen-bond acceptors (Lipinski definition) is 4. The van der Waals surface area contributed by atoms with Gasteiger partial charge in [-0.2, -0.15) is 0 Å². The number of primary amides is 1. The van der Waals surface area contributed by atoms with Crippen molar-refractivity contribution in [2.75, 3.05) is 30.7 Å². The number of nitrogens with two attached hydrogens (primary N) is 2. The summed E-state index contributed by atoms with van der Waals surface area (Å²) in [7, 11) is 0. The van der Waals surface area contributed by atoms with Gasteiger partial charge in [-0.15, -0.1) is 0 Å². The summed E-state index contributed by atoms with van der Waals surface area (Å²) in [5, 5.41) is 3.10. The van der Waals surface area contributed by atoms with Crippen molar-refractivity contribution in [1.82, 2.24) is 4.90 Å². The lowest BCUT2D eigenvalue weighted by Crippen LogP contribution is -2.36. The summed E-state index contributed by atoms with van der Waals surface area (Å²) in [6.45, 7) is 2.21. The van der Waals surface area contributed by atoms with Crippen molar-refractivity contribution in [2.24, 2.45) is 5.73 Å². The second-order valence-electron chi connectivity index (χ2n) is 5.28. The Morgan fingerprint density at radius 2 is 1.90 bits per heavy atom. The summed E-state index contributed by atoms with van der Waals surface area (Å²) in [6.07, 6.45) is 3.80. The van der Waals surface area contributed by atoms with E-state index in [-0.39, 0.29) is 5.91 Å². The van der Waals surface area contributed by atoms with Gasteiger partial charge in [0.1, 0.15) is 0 Å². The van der Waals surface area contributed by atoms with Gasteiger partial charge in [-0.1, -0.05) is 0 Å². The Kier molecular flexibility index (Phi) is 5.03. The molecule has 114 valence electrons. The second kappa shape index (κ2) is 6.97. The number of benzene rings is 1. The molecule has 0 bridgehead atoms. The molecule has 0 aromatic heterocycles. The van der Waals surface area contributed by atoms with Crippen LogP contribution in [0.2, 0.25) is 0 Å². The molecule has 2 rings (SSSR count). The summed E-state index contributed by atoms with van der Waals surface area (Å²) in [5.74, 6) is -0.339. The monoisotopic (exact) mass is 290 g/mol. The van der Waals surface area contributed by atoms with E-state index in [9.17, 15) is 9.59 Å². The van der Waals surface area contributed by atoms with Crippen LogP contribution in [0.4, 0.5) is 11.4 Å². The molecule has 0 spiro atoms. The van der Waals surface area contributed by atoms with Gasteiger partial charge in [0, 0.05) is 31.6 Å². The summed E-state index contributed by atoms with van der Waals surface area (Å²) in [5.41, 5.74) is 12.6. The number of nitrogen functional groups attached to an aromatic ring is 1. The first-order valence-corrected chi connectivity index (χ1v) is 7.29. The molecule has 1 aromatic carbocycles. The topological polar surface area (TPSA) is 101 Å². The number of nitrogens with zero attached hydrogens (tertiary/aromatic N) is 1. The molecule has 1 fully saturated rings. The number of carbonyl (C=O) groups is 2. The molecule has 1 heterocycles. The van der Waals surface area contributed by atoms with Crippen LogP contribution in [0.5, 0.6) is 0 Å². The maximum Gasteiger partial charge on any atom is 0.248 e. The van der Waals surface area contributed by atoms with Crippen molar-refractivity contribution in [2.45, 2.75) is 25.7 Å². The normalized spacial score (nSPS) is 14.8. The third-order valence-electron chi connectivity index (χ3n) is 3.70. The van der Waals surface area contributed by atoms with E-state index in [0.717, 1.165) is 25.9 Å². The van der Waals surface area contributed by atoms with Crippen molar-refractivity contribution in [3.05, 3.63) is 23.8 Å². The number of carbonyl (C=O) groups excluding carboxylic acids is 2. The van der Waals surface area contributed by atoms with Crippen LogP contribution in [0.3, 0.4) is 0 Å². The zero-order chi connectivity index (χ0) is 15.2. The van der Waals surface area contributed by atoms with Gasteiger partial charge in [-0.25, -0.2) is 0 Å². The van der Waals surface area contributed by atoms with Crippen molar-refractivity contribution in [3.63, 3.8) is 0 Å². The molecular formula is C15H22N4O2.